The summed E-state index contributed by atoms with van der Waals surface area (Å²) in [6.07, 6.45) is 42.7. The van der Waals surface area contributed by atoms with Gasteiger partial charge in [0.15, 0.2) is 12.2 Å². The normalized spacial score (nSPS) is 14.2. The molecule has 17 nitrogen and oxygen atoms in total. The number of phosphoric ester groups is 2. The Morgan fingerprint density at radius 3 is 0.800 bits per heavy atom. The predicted octanol–water partition coefficient (Wildman–Crippen LogP) is 18.4. The zero-order valence-electron chi connectivity index (χ0n) is 54.9. The lowest BCUT2D eigenvalue weighted by molar-refractivity contribution is -0.161. The first kappa shape index (κ1) is 83.1. The Morgan fingerprint density at radius 1 is 0.318 bits per heavy atom. The fourth-order valence-corrected chi connectivity index (χ4v) is 11.5. The van der Waals surface area contributed by atoms with E-state index in [0.717, 1.165) is 103 Å². The van der Waals surface area contributed by atoms with Crippen LogP contribution < -0.4 is 0 Å². The molecule has 85 heavy (non-hydrogen) atoms. The smallest absolute Gasteiger partial charge is 0.462 e. The molecule has 19 heteroatoms. The molecule has 0 saturated carbocycles. The highest BCUT2D eigenvalue weighted by Crippen LogP contribution is 2.45. The lowest BCUT2D eigenvalue weighted by Crippen LogP contribution is -2.30. The van der Waals surface area contributed by atoms with Crippen LogP contribution >= 0.6 is 15.6 Å². The van der Waals surface area contributed by atoms with Crippen molar-refractivity contribution >= 4 is 39.5 Å². The summed E-state index contributed by atoms with van der Waals surface area (Å²) < 4.78 is 67.7. The average Bonchev–Trinajstić information content (AvgIpc) is 3.48. The van der Waals surface area contributed by atoms with Crippen LogP contribution in [0.2, 0.25) is 0 Å². The molecule has 5 atom stereocenters. The van der Waals surface area contributed by atoms with Gasteiger partial charge in [-0.25, -0.2) is 9.13 Å². The van der Waals surface area contributed by atoms with Crippen molar-refractivity contribution in [2.45, 2.75) is 349 Å². The molecule has 0 heterocycles. The molecular formula is C66H128O17P2. The third kappa shape index (κ3) is 60.7. The van der Waals surface area contributed by atoms with Crippen molar-refractivity contribution in [3.05, 3.63) is 0 Å². The van der Waals surface area contributed by atoms with Gasteiger partial charge in [0, 0.05) is 25.7 Å². The minimum atomic E-state index is -4.94. The minimum Gasteiger partial charge on any atom is -0.462 e. The zero-order valence-corrected chi connectivity index (χ0v) is 56.7. The highest BCUT2D eigenvalue weighted by atomic mass is 31.2. The van der Waals surface area contributed by atoms with E-state index in [1.807, 2.05) is 0 Å². The molecule has 0 fully saturated rings. The maximum absolute atomic E-state index is 13.0. The van der Waals surface area contributed by atoms with Crippen molar-refractivity contribution in [2.24, 2.45) is 11.8 Å². The number of ether oxygens (including phenoxy) is 4. The van der Waals surface area contributed by atoms with Crippen LogP contribution in [0.4, 0.5) is 0 Å². The Bertz CT molecular complexity index is 1670. The molecule has 504 valence electrons. The Morgan fingerprint density at radius 2 is 0.541 bits per heavy atom. The van der Waals surface area contributed by atoms with Gasteiger partial charge < -0.3 is 33.8 Å². The maximum Gasteiger partial charge on any atom is 0.472 e. The van der Waals surface area contributed by atoms with Crippen molar-refractivity contribution in [3.8, 4) is 0 Å². The molecular weight excluding hydrogens is 1130 g/mol. The van der Waals surface area contributed by atoms with Crippen molar-refractivity contribution in [2.75, 3.05) is 39.6 Å². The first-order valence-electron chi connectivity index (χ1n) is 34.5. The highest BCUT2D eigenvalue weighted by Gasteiger charge is 2.30. The van der Waals surface area contributed by atoms with E-state index in [9.17, 15) is 43.2 Å². The summed E-state index contributed by atoms with van der Waals surface area (Å²) in [5.74, 6) is -0.802. The fourth-order valence-electron chi connectivity index (χ4n) is 9.88. The molecule has 2 unspecified atom stereocenters. The second-order valence-corrected chi connectivity index (χ2v) is 27.7. The number of hydrogen-bond donors (Lipinski definition) is 3. The molecule has 0 amide bonds. The summed E-state index contributed by atoms with van der Waals surface area (Å²) in [4.78, 5) is 71.9. The Labute approximate surface area is 517 Å². The van der Waals surface area contributed by atoms with Crippen molar-refractivity contribution in [1.29, 1.82) is 0 Å². The summed E-state index contributed by atoms with van der Waals surface area (Å²) in [5, 5.41) is 10.5. The van der Waals surface area contributed by atoms with Crippen LogP contribution in [0.15, 0.2) is 0 Å². The number of unbranched alkanes of at least 4 members (excludes halogenated alkanes) is 35. The van der Waals surface area contributed by atoms with Crippen LogP contribution in [-0.2, 0) is 65.4 Å². The van der Waals surface area contributed by atoms with Crippen LogP contribution in [0.3, 0.4) is 0 Å². The van der Waals surface area contributed by atoms with Gasteiger partial charge in [0.25, 0.3) is 0 Å². The third-order valence-corrected chi connectivity index (χ3v) is 17.1. The molecule has 0 aliphatic rings. The number of aliphatic hydroxyl groups excluding tert-OH is 1. The van der Waals surface area contributed by atoms with Gasteiger partial charge in [-0.2, -0.15) is 0 Å². The number of carbonyl (C=O) groups excluding carboxylic acids is 4. The summed E-state index contributed by atoms with van der Waals surface area (Å²) in [5.41, 5.74) is 0. The largest absolute Gasteiger partial charge is 0.472 e. The molecule has 0 aromatic carbocycles. The molecule has 0 bridgehead atoms. The average molecular weight is 1260 g/mol. The predicted molar refractivity (Wildman–Crippen MR) is 340 cm³/mol. The number of aliphatic hydroxyl groups is 1. The standard InChI is InChI=1S/C66H128O17P2/c1-7-9-11-13-14-15-16-17-18-19-20-21-22-23-24-25-26-27-28-29-38-44-50-65(70)82-62(55-77-64(69)49-43-37-32-30-35-40-46-58(3)4)57-81-85(74,75)79-53-60(67)52-78-84(72,73)80-56-61(54-76-63(68)48-42-34-12-10-8-2)83-66(71)51-45-39-33-31-36-41-47-59(5)6/h58-62,67H,7-57H2,1-6H3,(H,72,73)(H,74,75)/t60-,61+,62+/m0/s1. The summed E-state index contributed by atoms with van der Waals surface area (Å²) in [7, 11) is -9.88. The van der Waals surface area contributed by atoms with E-state index in [4.69, 9.17) is 37.0 Å². The molecule has 0 aromatic heterocycles. The van der Waals surface area contributed by atoms with E-state index in [2.05, 4.69) is 41.5 Å². The molecule has 0 spiro atoms. The maximum atomic E-state index is 13.0. The van der Waals surface area contributed by atoms with Crippen molar-refractivity contribution in [1.82, 2.24) is 0 Å². The minimum absolute atomic E-state index is 0.101. The van der Waals surface area contributed by atoms with Crippen LogP contribution in [0, 0.1) is 11.8 Å². The van der Waals surface area contributed by atoms with E-state index in [0.29, 0.717) is 37.5 Å². The van der Waals surface area contributed by atoms with E-state index < -0.39 is 97.5 Å². The SMILES string of the molecule is CCCCCCCCCCCCCCCCCCCCCCCCC(=O)O[C@H](COC(=O)CCCCCCCCC(C)C)COP(=O)(O)OC[C@@H](O)COP(=O)(O)OC[C@@H](COC(=O)CCCCCCC)OC(=O)CCCCCCCCC(C)C. The topological polar surface area (TPSA) is 237 Å². The molecule has 0 aromatic rings. The van der Waals surface area contributed by atoms with Gasteiger partial charge in [-0.05, 0) is 37.5 Å². The van der Waals surface area contributed by atoms with Gasteiger partial charge in [-0.3, -0.25) is 37.3 Å². The third-order valence-electron chi connectivity index (χ3n) is 15.2. The summed E-state index contributed by atoms with van der Waals surface area (Å²) in [6.45, 7) is 9.23. The van der Waals surface area contributed by atoms with E-state index in [1.54, 1.807) is 0 Å². The van der Waals surface area contributed by atoms with Gasteiger partial charge in [-0.15, -0.1) is 0 Å². The van der Waals surface area contributed by atoms with Gasteiger partial charge in [0.1, 0.15) is 19.3 Å². The second kappa shape index (κ2) is 58.4. The molecule has 0 saturated heterocycles. The van der Waals surface area contributed by atoms with E-state index >= 15 is 0 Å². The van der Waals surface area contributed by atoms with Gasteiger partial charge in [0.2, 0.25) is 0 Å². The quantitative estimate of drug-likeness (QED) is 0.0222. The van der Waals surface area contributed by atoms with Crippen molar-refractivity contribution < 1.29 is 80.2 Å². The zero-order chi connectivity index (χ0) is 62.9. The lowest BCUT2D eigenvalue weighted by Gasteiger charge is -2.21. The molecule has 0 rings (SSSR count). The number of carbonyl (C=O) groups is 4. The molecule has 0 aliphatic carbocycles. The van der Waals surface area contributed by atoms with Crippen LogP contribution in [-0.4, -0.2) is 96.7 Å². The van der Waals surface area contributed by atoms with E-state index in [-0.39, 0.29) is 25.7 Å². The monoisotopic (exact) mass is 1250 g/mol. The number of hydrogen-bond acceptors (Lipinski definition) is 15. The molecule has 0 radical (unpaired) electrons. The number of rotatable bonds is 65. The van der Waals surface area contributed by atoms with Crippen LogP contribution in [0.25, 0.3) is 0 Å². The fraction of sp³-hybridized carbons (Fsp3) is 0.939. The van der Waals surface area contributed by atoms with Gasteiger partial charge in [0.05, 0.1) is 26.4 Å². The highest BCUT2D eigenvalue weighted by molar-refractivity contribution is 7.47. The first-order chi connectivity index (χ1) is 40.9. The van der Waals surface area contributed by atoms with Crippen molar-refractivity contribution in [3.63, 3.8) is 0 Å². The van der Waals surface area contributed by atoms with Gasteiger partial charge in [-0.1, -0.05) is 279 Å². The Hall–Kier alpha value is -1.94. The van der Waals surface area contributed by atoms with Gasteiger partial charge >= 0.3 is 39.5 Å². The van der Waals surface area contributed by atoms with E-state index in [1.165, 1.54) is 135 Å². The second-order valence-electron chi connectivity index (χ2n) is 24.8. The Kier molecular flexibility index (Phi) is 57.1. The summed E-state index contributed by atoms with van der Waals surface area (Å²) >= 11 is 0. The Balaban J connectivity index is 5.03. The van der Waals surface area contributed by atoms with Crippen LogP contribution in [0.1, 0.15) is 330 Å². The first-order valence-corrected chi connectivity index (χ1v) is 37.5. The molecule has 3 N–H and O–H groups in total. The molecule has 0 aliphatic heterocycles. The summed E-state index contributed by atoms with van der Waals surface area (Å²) in [6, 6.07) is 0. The van der Waals surface area contributed by atoms with Crippen LogP contribution in [0.5, 0.6) is 0 Å². The lowest BCUT2D eigenvalue weighted by atomic mass is 10.0. The number of esters is 4. The number of phosphoric acid groups is 2.